The monoisotopic (exact) mass is 232 g/mol. The normalized spacial score (nSPS) is 24.6. The number of aryl methyl sites for hydroxylation is 1. The van der Waals surface area contributed by atoms with Crippen LogP contribution in [0.25, 0.3) is 0 Å². The molecule has 17 heavy (non-hydrogen) atoms. The van der Waals surface area contributed by atoms with Crippen LogP contribution in [0.15, 0.2) is 18.2 Å². The summed E-state index contributed by atoms with van der Waals surface area (Å²) in [5.74, 6) is 1.66. The van der Waals surface area contributed by atoms with E-state index in [0.29, 0.717) is 0 Å². The van der Waals surface area contributed by atoms with Gasteiger partial charge in [-0.25, -0.2) is 0 Å². The minimum atomic E-state index is 0.809. The van der Waals surface area contributed by atoms with Crippen molar-refractivity contribution in [1.82, 2.24) is 0 Å². The summed E-state index contributed by atoms with van der Waals surface area (Å²) in [6.07, 6.45) is 5.54. The van der Waals surface area contributed by atoms with Gasteiger partial charge in [0.05, 0.1) is 11.4 Å². The number of rotatable bonds is 3. The van der Waals surface area contributed by atoms with E-state index < -0.39 is 0 Å². The molecule has 1 saturated carbocycles. The predicted octanol–water partition coefficient (Wildman–Crippen LogP) is 3.82. The van der Waals surface area contributed by atoms with E-state index in [2.05, 4.69) is 31.3 Å². The first-order chi connectivity index (χ1) is 8.16. The molecule has 2 atom stereocenters. The fraction of sp³-hybridized carbons (Fsp3) is 0.600. The Morgan fingerprint density at radius 1 is 1.29 bits per heavy atom. The molecule has 0 aromatic heterocycles. The van der Waals surface area contributed by atoms with Crippen molar-refractivity contribution in [3.05, 3.63) is 23.8 Å². The summed E-state index contributed by atoms with van der Waals surface area (Å²) in [5, 5.41) is 3.53. The molecule has 0 aliphatic heterocycles. The van der Waals surface area contributed by atoms with Crippen LogP contribution in [0.1, 0.15) is 38.2 Å². The minimum absolute atomic E-state index is 0.809. The van der Waals surface area contributed by atoms with Gasteiger partial charge in [-0.3, -0.25) is 0 Å². The van der Waals surface area contributed by atoms with Gasteiger partial charge in [-0.1, -0.05) is 32.3 Å². The van der Waals surface area contributed by atoms with Gasteiger partial charge in [-0.05, 0) is 42.9 Å². The second-order valence-electron chi connectivity index (χ2n) is 5.49. The first-order valence-electron chi connectivity index (χ1n) is 6.77. The second kappa shape index (κ2) is 5.44. The molecule has 0 saturated heterocycles. The smallest absolute Gasteiger partial charge is 0.0576 e. The molecule has 2 rings (SSSR count). The molecule has 0 heterocycles. The van der Waals surface area contributed by atoms with Crippen LogP contribution in [0, 0.1) is 18.8 Å². The summed E-state index contributed by atoms with van der Waals surface area (Å²) in [4.78, 5) is 0. The third-order valence-electron chi connectivity index (χ3n) is 4.05. The highest BCUT2D eigenvalue weighted by molar-refractivity contribution is 5.66. The van der Waals surface area contributed by atoms with Crippen molar-refractivity contribution in [3.8, 4) is 0 Å². The number of anilines is 2. The SMILES string of the molecule is Cc1ccc(N)c(NCC2CCCCC2C)c1. The van der Waals surface area contributed by atoms with E-state index in [9.17, 15) is 0 Å². The molecule has 1 aliphatic carbocycles. The Morgan fingerprint density at radius 3 is 2.82 bits per heavy atom. The standard InChI is InChI=1S/C15H24N2/c1-11-7-8-14(16)15(9-11)17-10-13-6-4-3-5-12(13)2/h7-9,12-13,17H,3-6,10,16H2,1-2H3. The Bertz CT molecular complexity index is 373. The Balaban J connectivity index is 1.94. The summed E-state index contributed by atoms with van der Waals surface area (Å²) in [7, 11) is 0. The van der Waals surface area contributed by atoms with E-state index in [-0.39, 0.29) is 0 Å². The topological polar surface area (TPSA) is 38.0 Å². The molecule has 0 amide bonds. The van der Waals surface area contributed by atoms with Crippen molar-refractivity contribution in [2.45, 2.75) is 39.5 Å². The van der Waals surface area contributed by atoms with Gasteiger partial charge in [-0.2, -0.15) is 0 Å². The van der Waals surface area contributed by atoms with E-state index in [1.807, 2.05) is 6.07 Å². The lowest BCUT2D eigenvalue weighted by Crippen LogP contribution is -2.24. The van der Waals surface area contributed by atoms with Crippen LogP contribution in [-0.4, -0.2) is 6.54 Å². The minimum Gasteiger partial charge on any atom is -0.397 e. The van der Waals surface area contributed by atoms with Crippen LogP contribution < -0.4 is 11.1 Å². The fourth-order valence-corrected chi connectivity index (χ4v) is 2.76. The Kier molecular flexibility index (Phi) is 3.93. The summed E-state index contributed by atoms with van der Waals surface area (Å²) < 4.78 is 0. The molecule has 1 aromatic rings. The number of nitrogens with two attached hydrogens (primary N) is 1. The highest BCUT2D eigenvalue weighted by Crippen LogP contribution is 2.30. The van der Waals surface area contributed by atoms with Crippen molar-refractivity contribution in [2.75, 3.05) is 17.6 Å². The van der Waals surface area contributed by atoms with E-state index in [4.69, 9.17) is 5.73 Å². The zero-order valence-electron chi connectivity index (χ0n) is 11.0. The lowest BCUT2D eigenvalue weighted by Gasteiger charge is -2.29. The van der Waals surface area contributed by atoms with Crippen molar-refractivity contribution < 1.29 is 0 Å². The number of hydrogen-bond acceptors (Lipinski definition) is 2. The molecule has 0 spiro atoms. The van der Waals surface area contributed by atoms with E-state index >= 15 is 0 Å². The molecular weight excluding hydrogens is 208 g/mol. The summed E-state index contributed by atoms with van der Waals surface area (Å²) in [6, 6.07) is 6.19. The van der Waals surface area contributed by atoms with E-state index in [1.54, 1.807) is 0 Å². The molecule has 1 fully saturated rings. The van der Waals surface area contributed by atoms with Crippen LogP contribution in [-0.2, 0) is 0 Å². The Hall–Kier alpha value is -1.18. The molecule has 1 aliphatic rings. The molecule has 94 valence electrons. The zero-order chi connectivity index (χ0) is 12.3. The van der Waals surface area contributed by atoms with Crippen molar-refractivity contribution in [3.63, 3.8) is 0 Å². The number of hydrogen-bond donors (Lipinski definition) is 2. The van der Waals surface area contributed by atoms with Gasteiger partial charge in [0.2, 0.25) is 0 Å². The van der Waals surface area contributed by atoms with Crippen molar-refractivity contribution in [1.29, 1.82) is 0 Å². The van der Waals surface area contributed by atoms with Gasteiger partial charge in [0.15, 0.2) is 0 Å². The zero-order valence-corrected chi connectivity index (χ0v) is 11.0. The largest absolute Gasteiger partial charge is 0.397 e. The quantitative estimate of drug-likeness (QED) is 0.778. The fourth-order valence-electron chi connectivity index (χ4n) is 2.76. The Labute approximate surface area is 105 Å². The van der Waals surface area contributed by atoms with Gasteiger partial charge < -0.3 is 11.1 Å². The molecule has 0 bridgehead atoms. The number of benzene rings is 1. The summed E-state index contributed by atoms with van der Waals surface area (Å²) >= 11 is 0. The van der Waals surface area contributed by atoms with E-state index in [0.717, 1.165) is 29.8 Å². The third-order valence-corrected chi connectivity index (χ3v) is 4.05. The maximum atomic E-state index is 5.98. The highest BCUT2D eigenvalue weighted by Gasteiger charge is 2.20. The summed E-state index contributed by atoms with van der Waals surface area (Å²) in [6.45, 7) is 5.55. The maximum absolute atomic E-state index is 5.98. The van der Waals surface area contributed by atoms with Gasteiger partial charge in [0.25, 0.3) is 0 Å². The number of nitrogens with one attached hydrogen (secondary N) is 1. The average Bonchev–Trinajstić information content (AvgIpc) is 2.32. The highest BCUT2D eigenvalue weighted by atomic mass is 14.9. The van der Waals surface area contributed by atoms with Gasteiger partial charge in [0.1, 0.15) is 0 Å². The lowest BCUT2D eigenvalue weighted by atomic mass is 9.80. The first kappa shape index (κ1) is 12.3. The Morgan fingerprint density at radius 2 is 2.06 bits per heavy atom. The molecule has 2 heteroatoms. The molecule has 2 nitrogen and oxygen atoms in total. The number of nitrogen functional groups attached to an aromatic ring is 1. The third kappa shape index (κ3) is 3.15. The van der Waals surface area contributed by atoms with Crippen LogP contribution in [0.4, 0.5) is 11.4 Å². The summed E-state index contributed by atoms with van der Waals surface area (Å²) in [5.41, 5.74) is 9.20. The predicted molar refractivity (Wildman–Crippen MR) is 75.2 cm³/mol. The van der Waals surface area contributed by atoms with Gasteiger partial charge in [0, 0.05) is 6.54 Å². The van der Waals surface area contributed by atoms with Crippen molar-refractivity contribution in [2.24, 2.45) is 11.8 Å². The molecular formula is C15H24N2. The molecule has 2 unspecified atom stereocenters. The maximum Gasteiger partial charge on any atom is 0.0576 e. The van der Waals surface area contributed by atoms with Crippen LogP contribution in [0.3, 0.4) is 0 Å². The van der Waals surface area contributed by atoms with Gasteiger partial charge >= 0.3 is 0 Å². The van der Waals surface area contributed by atoms with Crippen LogP contribution in [0.5, 0.6) is 0 Å². The first-order valence-corrected chi connectivity index (χ1v) is 6.77. The molecule has 3 N–H and O–H groups in total. The second-order valence-corrected chi connectivity index (χ2v) is 5.49. The van der Waals surface area contributed by atoms with Crippen LogP contribution >= 0.6 is 0 Å². The molecule has 1 aromatic carbocycles. The van der Waals surface area contributed by atoms with Crippen molar-refractivity contribution >= 4 is 11.4 Å². The van der Waals surface area contributed by atoms with Gasteiger partial charge in [-0.15, -0.1) is 0 Å². The lowest BCUT2D eigenvalue weighted by molar-refractivity contribution is 0.268. The average molecular weight is 232 g/mol. The molecule has 0 radical (unpaired) electrons. The van der Waals surface area contributed by atoms with Crippen LogP contribution in [0.2, 0.25) is 0 Å². The van der Waals surface area contributed by atoms with E-state index in [1.165, 1.54) is 31.2 Å².